The first-order valence-electron chi connectivity index (χ1n) is 14.2. The minimum atomic E-state index is -0.383. The van der Waals surface area contributed by atoms with Gasteiger partial charge >= 0.3 is 0 Å². The number of pyridine rings is 1. The number of carbonyl (C=O) groups excluding carboxylic acids is 2. The van der Waals surface area contributed by atoms with Gasteiger partial charge in [-0.15, -0.1) is 11.8 Å². The van der Waals surface area contributed by atoms with Gasteiger partial charge in [0.05, 0.1) is 24.2 Å². The monoisotopic (exact) mass is 564 g/mol. The van der Waals surface area contributed by atoms with E-state index in [1.807, 2.05) is 51.3 Å². The number of nitrogens with zero attached hydrogens (tertiary/aromatic N) is 1. The molecule has 2 aliphatic rings. The fraction of sp³-hybridized carbons (Fsp3) is 0.516. The van der Waals surface area contributed by atoms with Gasteiger partial charge in [-0.1, -0.05) is 18.2 Å². The van der Waals surface area contributed by atoms with Crippen LogP contribution in [-0.4, -0.2) is 46.9 Å². The molecule has 3 N–H and O–H groups in total. The van der Waals surface area contributed by atoms with Gasteiger partial charge in [-0.25, -0.2) is 0 Å². The van der Waals surface area contributed by atoms with Gasteiger partial charge in [-0.2, -0.15) is 0 Å². The van der Waals surface area contributed by atoms with Crippen molar-refractivity contribution in [3.05, 3.63) is 63.2 Å². The van der Waals surface area contributed by atoms with Crippen LogP contribution in [0.15, 0.2) is 40.0 Å². The Kier molecular flexibility index (Phi) is 8.15. The summed E-state index contributed by atoms with van der Waals surface area (Å²) in [5, 5.41) is 7.21. The molecule has 214 valence electrons. The summed E-state index contributed by atoms with van der Waals surface area (Å²) in [7, 11) is 0. The van der Waals surface area contributed by atoms with E-state index in [4.69, 9.17) is 4.74 Å². The van der Waals surface area contributed by atoms with E-state index < -0.39 is 0 Å². The van der Waals surface area contributed by atoms with E-state index >= 15 is 0 Å². The molecule has 0 spiro atoms. The van der Waals surface area contributed by atoms with E-state index in [0.29, 0.717) is 30.3 Å². The van der Waals surface area contributed by atoms with Crippen LogP contribution in [0.3, 0.4) is 0 Å². The van der Waals surface area contributed by atoms with Crippen molar-refractivity contribution in [2.75, 3.05) is 19.5 Å². The van der Waals surface area contributed by atoms with Gasteiger partial charge in [0.1, 0.15) is 0 Å². The molecule has 1 atom stereocenters. The fourth-order valence-electron chi connectivity index (χ4n) is 6.35. The van der Waals surface area contributed by atoms with Crippen LogP contribution < -0.4 is 16.2 Å². The highest BCUT2D eigenvalue weighted by atomic mass is 32.2. The molecule has 40 heavy (non-hydrogen) atoms. The summed E-state index contributed by atoms with van der Waals surface area (Å²) in [6.07, 6.45) is 5.86. The van der Waals surface area contributed by atoms with Crippen LogP contribution in [0.4, 0.5) is 0 Å². The zero-order valence-electron chi connectivity index (χ0n) is 24.1. The van der Waals surface area contributed by atoms with Gasteiger partial charge in [0, 0.05) is 51.4 Å². The summed E-state index contributed by atoms with van der Waals surface area (Å²) in [6.45, 7) is 9.26. The summed E-state index contributed by atoms with van der Waals surface area (Å²) in [4.78, 5) is 42.6. The minimum absolute atomic E-state index is 0.107. The van der Waals surface area contributed by atoms with Gasteiger partial charge in [-0.05, 0) is 77.7 Å². The summed E-state index contributed by atoms with van der Waals surface area (Å²) in [6, 6.07) is 10.4. The summed E-state index contributed by atoms with van der Waals surface area (Å²) in [5.74, 6) is 0.374. The summed E-state index contributed by atoms with van der Waals surface area (Å²) in [5.41, 5.74) is 3.46. The number of benzene rings is 1. The number of carbonyl (C=O) groups is 2. The number of aromatic amines is 1. The lowest BCUT2D eigenvalue weighted by molar-refractivity contribution is -0.158. The first kappa shape index (κ1) is 28.5. The molecule has 1 aliphatic carbocycles. The third-order valence-corrected chi connectivity index (χ3v) is 9.65. The number of para-hydroxylation sites is 1. The van der Waals surface area contributed by atoms with Crippen molar-refractivity contribution < 1.29 is 14.3 Å². The predicted octanol–water partition coefficient (Wildman–Crippen LogP) is 4.87. The zero-order chi connectivity index (χ0) is 28.6. The molecule has 1 saturated heterocycles. The molecule has 1 aromatic carbocycles. The molecule has 5 rings (SSSR count). The van der Waals surface area contributed by atoms with E-state index in [0.717, 1.165) is 52.9 Å². The number of H-pyrrole nitrogens is 1. The van der Waals surface area contributed by atoms with Crippen molar-refractivity contribution in [3.63, 3.8) is 0 Å². The predicted molar refractivity (Wildman–Crippen MR) is 159 cm³/mol. The standard InChI is InChI=1S/C31H40N4O4S/c1-18-14-26(40-5)24(28(36)33-18)15-32-29(37)27-20(3)35(25-9-7-6-8-23(25)27)19(2)21-10-12-22(13-11-21)34-30(38)31(4)16-39-17-31/h6-9,14,19,21-22H,10-13,15-17H2,1-5H3,(H,32,37)(H,33,36)(H,34,38). The summed E-state index contributed by atoms with van der Waals surface area (Å²) >= 11 is 1.50. The smallest absolute Gasteiger partial charge is 0.254 e. The molecule has 2 amide bonds. The Morgan fingerprint density at radius 2 is 1.88 bits per heavy atom. The Hall–Kier alpha value is -3.04. The van der Waals surface area contributed by atoms with Gasteiger partial charge in [0.2, 0.25) is 5.91 Å². The highest BCUT2D eigenvalue weighted by Crippen LogP contribution is 2.38. The second-order valence-electron chi connectivity index (χ2n) is 11.7. The number of ether oxygens (including phenoxy) is 1. The van der Waals surface area contributed by atoms with Crippen LogP contribution in [0.1, 0.15) is 72.9 Å². The largest absolute Gasteiger partial charge is 0.379 e. The zero-order valence-corrected chi connectivity index (χ0v) is 24.9. The maximum atomic E-state index is 13.6. The Balaban J connectivity index is 1.32. The summed E-state index contributed by atoms with van der Waals surface area (Å²) < 4.78 is 7.57. The molecule has 2 aromatic heterocycles. The molecule has 0 radical (unpaired) electrons. The number of hydrogen-bond acceptors (Lipinski definition) is 5. The Morgan fingerprint density at radius 3 is 2.52 bits per heavy atom. The van der Waals surface area contributed by atoms with Crippen molar-refractivity contribution in [2.45, 2.75) is 76.9 Å². The van der Waals surface area contributed by atoms with Crippen molar-refractivity contribution in [1.29, 1.82) is 0 Å². The SMILES string of the molecule is CSc1cc(C)[nH]c(=O)c1CNC(=O)c1c(C)n(C(C)C2CCC(NC(=O)C3(C)COC3)CC2)c2ccccc12. The molecule has 1 unspecified atom stereocenters. The highest BCUT2D eigenvalue weighted by molar-refractivity contribution is 7.98. The third-order valence-electron chi connectivity index (χ3n) is 8.84. The lowest BCUT2D eigenvalue weighted by Crippen LogP contribution is -2.54. The Labute approximate surface area is 239 Å². The molecule has 1 aliphatic heterocycles. The van der Waals surface area contributed by atoms with Crippen LogP contribution in [0.25, 0.3) is 10.9 Å². The Bertz CT molecular complexity index is 1480. The molecule has 2 fully saturated rings. The number of aromatic nitrogens is 2. The van der Waals surface area contributed by atoms with Crippen LogP contribution >= 0.6 is 11.8 Å². The molecule has 3 heterocycles. The van der Waals surface area contributed by atoms with Gasteiger partial charge in [-0.3, -0.25) is 14.4 Å². The Morgan fingerprint density at radius 1 is 1.18 bits per heavy atom. The van der Waals surface area contributed by atoms with Gasteiger partial charge in [0.25, 0.3) is 11.5 Å². The average molecular weight is 565 g/mol. The van der Waals surface area contributed by atoms with E-state index in [1.54, 1.807) is 0 Å². The van der Waals surface area contributed by atoms with E-state index in [1.165, 1.54) is 11.8 Å². The van der Waals surface area contributed by atoms with Crippen molar-refractivity contribution >= 4 is 34.5 Å². The van der Waals surface area contributed by atoms with E-state index in [2.05, 4.69) is 33.2 Å². The topological polar surface area (TPSA) is 105 Å². The number of thioether (sulfide) groups is 1. The highest BCUT2D eigenvalue weighted by Gasteiger charge is 2.42. The maximum Gasteiger partial charge on any atom is 0.254 e. The lowest BCUT2D eigenvalue weighted by atomic mass is 9.80. The molecule has 1 saturated carbocycles. The second kappa shape index (κ2) is 11.4. The van der Waals surface area contributed by atoms with Gasteiger partial charge in [0.15, 0.2) is 0 Å². The first-order valence-corrected chi connectivity index (χ1v) is 15.4. The van der Waals surface area contributed by atoms with E-state index in [-0.39, 0.29) is 41.4 Å². The number of amides is 2. The second-order valence-corrected chi connectivity index (χ2v) is 12.6. The van der Waals surface area contributed by atoms with Crippen molar-refractivity contribution in [2.24, 2.45) is 11.3 Å². The molecular weight excluding hydrogens is 524 g/mol. The molecular formula is C31H40N4O4S. The van der Waals surface area contributed by atoms with Crippen molar-refractivity contribution in [1.82, 2.24) is 20.2 Å². The van der Waals surface area contributed by atoms with Gasteiger partial charge < -0.3 is 24.9 Å². The maximum absolute atomic E-state index is 13.6. The molecule has 0 bridgehead atoms. The number of nitrogens with one attached hydrogen (secondary N) is 3. The third kappa shape index (κ3) is 5.33. The average Bonchev–Trinajstić information content (AvgIpc) is 3.22. The van der Waals surface area contributed by atoms with Crippen LogP contribution in [0, 0.1) is 25.2 Å². The normalized spacial score (nSPS) is 21.0. The number of rotatable bonds is 8. The first-order chi connectivity index (χ1) is 19.1. The fourth-order valence-corrected chi connectivity index (χ4v) is 7.06. The number of hydrogen-bond donors (Lipinski definition) is 3. The quantitative estimate of drug-likeness (QED) is 0.339. The molecule has 3 aromatic rings. The number of aryl methyl sites for hydroxylation is 1. The number of fused-ring (bicyclic) bond motifs is 1. The van der Waals surface area contributed by atoms with Crippen molar-refractivity contribution in [3.8, 4) is 0 Å². The van der Waals surface area contributed by atoms with E-state index in [9.17, 15) is 14.4 Å². The molecule has 9 heteroatoms. The van der Waals surface area contributed by atoms with Crippen LogP contribution in [0.5, 0.6) is 0 Å². The van der Waals surface area contributed by atoms with Crippen LogP contribution in [-0.2, 0) is 16.1 Å². The minimum Gasteiger partial charge on any atom is -0.379 e. The lowest BCUT2D eigenvalue weighted by Gasteiger charge is -2.39. The molecule has 8 nitrogen and oxygen atoms in total. The van der Waals surface area contributed by atoms with Crippen LogP contribution in [0.2, 0.25) is 0 Å².